The number of fused-ring (bicyclic) bond motifs is 1. The third-order valence-electron chi connectivity index (χ3n) is 4.38. The van der Waals surface area contributed by atoms with Crippen molar-refractivity contribution < 1.29 is 8.42 Å². The van der Waals surface area contributed by atoms with Crippen LogP contribution in [0, 0.1) is 0 Å². The van der Waals surface area contributed by atoms with Crippen LogP contribution in [-0.2, 0) is 9.84 Å². The highest BCUT2D eigenvalue weighted by Gasteiger charge is 2.20. The highest BCUT2D eigenvalue weighted by Crippen LogP contribution is 2.35. The van der Waals surface area contributed by atoms with Crippen LogP contribution in [0.25, 0.3) is 22.2 Å². The van der Waals surface area contributed by atoms with Crippen LogP contribution in [0.15, 0.2) is 76.5 Å². The van der Waals surface area contributed by atoms with E-state index in [0.717, 1.165) is 16.8 Å². The number of hydrogen-bond donors (Lipinski definition) is 2. The first-order valence-electron chi connectivity index (χ1n) is 8.04. The molecule has 0 saturated carbocycles. The summed E-state index contributed by atoms with van der Waals surface area (Å²) in [6.45, 7) is 0. The van der Waals surface area contributed by atoms with Crippen molar-refractivity contribution in [3.05, 3.63) is 76.8 Å². The number of nitrogens with one attached hydrogen (secondary N) is 1. The van der Waals surface area contributed by atoms with E-state index in [1.165, 1.54) is 12.1 Å². The Balaban J connectivity index is 1.84. The van der Waals surface area contributed by atoms with E-state index in [1.54, 1.807) is 42.5 Å². The molecule has 136 valence electrons. The van der Waals surface area contributed by atoms with Crippen LogP contribution >= 0.6 is 23.2 Å². The minimum absolute atomic E-state index is 0.172. The summed E-state index contributed by atoms with van der Waals surface area (Å²) in [6.07, 6.45) is 0. The number of sulfone groups is 1. The molecule has 0 aliphatic carbocycles. The van der Waals surface area contributed by atoms with E-state index >= 15 is 0 Å². The smallest absolute Gasteiger partial charge is 0.206 e. The number of hydrogen-bond acceptors (Lipinski definition) is 3. The average molecular weight is 417 g/mol. The zero-order valence-corrected chi connectivity index (χ0v) is 16.2. The number of nitrogens with two attached hydrogens (primary N) is 1. The molecule has 7 heteroatoms. The molecule has 1 aromatic heterocycles. The largest absolute Gasteiger partial charge is 0.396 e. The van der Waals surface area contributed by atoms with Gasteiger partial charge in [0.2, 0.25) is 9.84 Å². The van der Waals surface area contributed by atoms with Crippen molar-refractivity contribution in [1.29, 1.82) is 0 Å². The number of aromatic amines is 1. The van der Waals surface area contributed by atoms with Crippen LogP contribution in [0.2, 0.25) is 10.0 Å². The summed E-state index contributed by atoms with van der Waals surface area (Å²) in [5.41, 5.74) is 9.14. The van der Waals surface area contributed by atoms with Gasteiger partial charge in [0.1, 0.15) is 0 Å². The predicted molar refractivity (Wildman–Crippen MR) is 110 cm³/mol. The van der Waals surface area contributed by atoms with Crippen molar-refractivity contribution in [2.24, 2.45) is 0 Å². The number of nitrogen functional groups attached to an aromatic ring is 1. The number of aromatic nitrogens is 1. The van der Waals surface area contributed by atoms with Crippen LogP contribution in [0.4, 0.5) is 5.69 Å². The second-order valence-electron chi connectivity index (χ2n) is 6.09. The Morgan fingerprint density at radius 2 is 1.33 bits per heavy atom. The number of halogens is 2. The van der Waals surface area contributed by atoms with Crippen molar-refractivity contribution in [2.75, 3.05) is 5.73 Å². The van der Waals surface area contributed by atoms with Crippen molar-refractivity contribution in [3.63, 3.8) is 0 Å². The van der Waals surface area contributed by atoms with Gasteiger partial charge in [-0.05, 0) is 54.6 Å². The van der Waals surface area contributed by atoms with Crippen LogP contribution in [0.3, 0.4) is 0 Å². The fraction of sp³-hybridized carbons (Fsp3) is 0. The molecule has 0 aliphatic heterocycles. The lowest BCUT2D eigenvalue weighted by Gasteiger charge is -2.05. The van der Waals surface area contributed by atoms with Gasteiger partial charge in [-0.2, -0.15) is 0 Å². The molecule has 3 N–H and O–H groups in total. The minimum Gasteiger partial charge on any atom is -0.396 e. The van der Waals surface area contributed by atoms with Gasteiger partial charge in [0.15, 0.2) is 0 Å². The predicted octanol–water partition coefficient (Wildman–Crippen LogP) is 5.56. The SMILES string of the molecule is Nc1c(-c2ccc(Cl)cc2)[nH]c2ccc(S(=O)(=O)c3ccc(Cl)cc3)cc12. The third-order valence-corrected chi connectivity index (χ3v) is 6.65. The van der Waals surface area contributed by atoms with Crippen LogP contribution in [-0.4, -0.2) is 13.4 Å². The lowest BCUT2D eigenvalue weighted by atomic mass is 10.1. The van der Waals surface area contributed by atoms with E-state index in [-0.39, 0.29) is 9.79 Å². The average Bonchev–Trinajstić information content (AvgIpc) is 2.99. The molecule has 0 fully saturated rings. The maximum absolute atomic E-state index is 12.9. The second-order valence-corrected chi connectivity index (χ2v) is 8.91. The van der Waals surface area contributed by atoms with Crippen molar-refractivity contribution in [2.45, 2.75) is 9.79 Å². The Bertz CT molecular complexity index is 1250. The Labute approximate surface area is 166 Å². The fourth-order valence-electron chi connectivity index (χ4n) is 2.95. The Hall–Kier alpha value is -2.47. The standard InChI is InChI=1S/C20H14Cl2N2O2S/c21-13-3-1-12(2-4-13)20-19(23)17-11-16(9-10-18(17)24-20)27(25,26)15-7-5-14(22)6-8-15/h1-11,24H,23H2. The third kappa shape index (κ3) is 3.18. The van der Waals surface area contributed by atoms with E-state index in [9.17, 15) is 8.42 Å². The van der Waals surface area contributed by atoms with Gasteiger partial charge < -0.3 is 10.7 Å². The summed E-state index contributed by atoms with van der Waals surface area (Å²) < 4.78 is 25.8. The van der Waals surface area contributed by atoms with Crippen LogP contribution in [0.1, 0.15) is 0 Å². The van der Waals surface area contributed by atoms with Crippen molar-refractivity contribution in [1.82, 2.24) is 4.98 Å². The maximum atomic E-state index is 12.9. The molecular weight excluding hydrogens is 403 g/mol. The van der Waals surface area contributed by atoms with Gasteiger partial charge >= 0.3 is 0 Å². The van der Waals surface area contributed by atoms with Gasteiger partial charge in [-0.1, -0.05) is 35.3 Å². The zero-order chi connectivity index (χ0) is 19.2. The second kappa shape index (κ2) is 6.60. The Morgan fingerprint density at radius 1 is 0.778 bits per heavy atom. The topological polar surface area (TPSA) is 76.0 Å². The molecule has 0 aliphatic rings. The van der Waals surface area contributed by atoms with E-state index in [4.69, 9.17) is 28.9 Å². The molecule has 0 atom stereocenters. The van der Waals surface area contributed by atoms with Gasteiger partial charge in [-0.25, -0.2) is 8.42 Å². The Kier molecular flexibility index (Phi) is 4.38. The van der Waals surface area contributed by atoms with Gasteiger partial charge in [-0.15, -0.1) is 0 Å². The highest BCUT2D eigenvalue weighted by atomic mass is 35.5. The van der Waals surface area contributed by atoms with Crippen molar-refractivity contribution in [3.8, 4) is 11.3 Å². The maximum Gasteiger partial charge on any atom is 0.206 e. The van der Waals surface area contributed by atoms with Crippen molar-refractivity contribution >= 4 is 49.6 Å². The molecule has 4 aromatic rings. The molecule has 0 radical (unpaired) electrons. The Morgan fingerprint density at radius 3 is 1.96 bits per heavy atom. The molecule has 1 heterocycles. The molecule has 27 heavy (non-hydrogen) atoms. The number of benzene rings is 3. The first-order chi connectivity index (χ1) is 12.9. The lowest BCUT2D eigenvalue weighted by Crippen LogP contribution is -2.01. The van der Waals surface area contributed by atoms with Crippen LogP contribution < -0.4 is 5.73 Å². The van der Waals surface area contributed by atoms with Gasteiger partial charge in [0.25, 0.3) is 0 Å². The van der Waals surface area contributed by atoms with Gasteiger partial charge in [0, 0.05) is 26.5 Å². The monoisotopic (exact) mass is 416 g/mol. The van der Waals surface area contributed by atoms with Crippen LogP contribution in [0.5, 0.6) is 0 Å². The highest BCUT2D eigenvalue weighted by molar-refractivity contribution is 7.91. The van der Waals surface area contributed by atoms with E-state index in [2.05, 4.69) is 4.98 Å². The van der Waals surface area contributed by atoms with Gasteiger partial charge in [0.05, 0.1) is 21.2 Å². The molecular formula is C20H14Cl2N2O2S. The quantitative estimate of drug-likeness (QED) is 0.459. The molecule has 0 spiro atoms. The summed E-state index contributed by atoms with van der Waals surface area (Å²) in [4.78, 5) is 3.60. The molecule has 0 unspecified atom stereocenters. The molecule has 0 saturated heterocycles. The molecule has 0 bridgehead atoms. The number of anilines is 1. The van der Waals surface area contributed by atoms with E-state index in [1.807, 2.05) is 12.1 Å². The summed E-state index contributed by atoms with van der Waals surface area (Å²) in [5, 5.41) is 1.76. The first kappa shape index (κ1) is 17.9. The molecule has 3 aromatic carbocycles. The zero-order valence-electron chi connectivity index (χ0n) is 13.9. The lowest BCUT2D eigenvalue weighted by molar-refractivity contribution is 0.596. The summed E-state index contributed by atoms with van der Waals surface area (Å²) in [5.74, 6) is 0. The number of rotatable bonds is 3. The minimum atomic E-state index is -3.67. The van der Waals surface area contributed by atoms with Gasteiger partial charge in [-0.3, -0.25) is 0 Å². The van der Waals surface area contributed by atoms with E-state index in [0.29, 0.717) is 21.1 Å². The summed E-state index contributed by atoms with van der Waals surface area (Å²) in [7, 11) is -3.67. The molecule has 0 amide bonds. The first-order valence-corrected chi connectivity index (χ1v) is 10.3. The van der Waals surface area contributed by atoms with E-state index < -0.39 is 9.84 Å². The summed E-state index contributed by atoms with van der Waals surface area (Å²) >= 11 is 11.8. The fourth-order valence-corrected chi connectivity index (χ4v) is 4.49. The summed E-state index contributed by atoms with van der Waals surface area (Å²) in [6, 6.07) is 18.2. The normalized spacial score (nSPS) is 11.8. The number of H-pyrrole nitrogens is 1. The molecule has 4 rings (SSSR count). The molecule has 4 nitrogen and oxygen atoms in total.